The zero-order valence-corrected chi connectivity index (χ0v) is 15.7. The van der Waals surface area contributed by atoms with E-state index in [0.717, 1.165) is 5.56 Å². The molecule has 1 N–H and O–H groups in total. The van der Waals surface area contributed by atoms with E-state index in [4.69, 9.17) is 13.7 Å². The van der Waals surface area contributed by atoms with Crippen LogP contribution in [0.25, 0.3) is 11.5 Å². The highest BCUT2D eigenvalue weighted by atomic mass is 16.5. The maximum atomic E-state index is 13.1. The van der Waals surface area contributed by atoms with E-state index in [-0.39, 0.29) is 23.7 Å². The highest BCUT2D eigenvalue weighted by Gasteiger charge is 2.35. The van der Waals surface area contributed by atoms with Crippen LogP contribution in [0.5, 0.6) is 0 Å². The number of aromatic carboxylic acids is 1. The molecular formula is C20H19N3O6. The standard InChI is InChI=1S/C20H19N3O6/c1-2-15-13(20(25)26)10-16(28-15)19(24)23-8-9-27-11-14(23)17-21-18(29-22-17)12-6-4-3-5-7-12/h3-7,10,14H,2,8-9,11H2,1H3,(H,25,26). The van der Waals surface area contributed by atoms with Crippen LogP contribution in [0.15, 0.2) is 45.3 Å². The van der Waals surface area contributed by atoms with Gasteiger partial charge in [-0.2, -0.15) is 4.98 Å². The van der Waals surface area contributed by atoms with E-state index in [1.54, 1.807) is 6.92 Å². The van der Waals surface area contributed by atoms with Crippen molar-refractivity contribution in [2.24, 2.45) is 0 Å². The molecule has 0 aliphatic carbocycles. The maximum absolute atomic E-state index is 13.1. The van der Waals surface area contributed by atoms with E-state index in [9.17, 15) is 14.7 Å². The van der Waals surface area contributed by atoms with Crippen LogP contribution in [-0.4, -0.2) is 51.8 Å². The van der Waals surface area contributed by atoms with Gasteiger partial charge in [-0.3, -0.25) is 4.79 Å². The zero-order valence-electron chi connectivity index (χ0n) is 15.7. The smallest absolute Gasteiger partial charge is 0.339 e. The summed E-state index contributed by atoms with van der Waals surface area (Å²) < 4.78 is 16.4. The van der Waals surface area contributed by atoms with Crippen LogP contribution < -0.4 is 0 Å². The number of aromatic nitrogens is 2. The van der Waals surface area contributed by atoms with Gasteiger partial charge in [-0.1, -0.05) is 30.3 Å². The molecule has 0 saturated carbocycles. The molecule has 1 amide bonds. The minimum absolute atomic E-state index is 0.00779. The van der Waals surface area contributed by atoms with Crippen molar-refractivity contribution >= 4 is 11.9 Å². The third kappa shape index (κ3) is 3.64. The Morgan fingerprint density at radius 2 is 2.07 bits per heavy atom. The SMILES string of the molecule is CCc1oc(C(=O)N2CCOCC2c2noc(-c3ccccc3)n2)cc1C(=O)O. The molecule has 4 rings (SSSR count). The Balaban J connectivity index is 1.62. The molecule has 0 spiro atoms. The number of morpholine rings is 1. The molecule has 1 saturated heterocycles. The van der Waals surface area contributed by atoms with Crippen molar-refractivity contribution < 1.29 is 28.4 Å². The number of hydrogen-bond donors (Lipinski definition) is 1. The number of amides is 1. The number of aryl methyl sites for hydroxylation is 1. The lowest BCUT2D eigenvalue weighted by atomic mass is 10.1. The molecule has 2 aromatic heterocycles. The number of carbonyl (C=O) groups is 2. The molecule has 29 heavy (non-hydrogen) atoms. The van der Waals surface area contributed by atoms with Crippen LogP contribution in [0.4, 0.5) is 0 Å². The van der Waals surface area contributed by atoms with E-state index in [2.05, 4.69) is 10.1 Å². The summed E-state index contributed by atoms with van der Waals surface area (Å²) in [6.45, 7) is 2.61. The second-order valence-corrected chi connectivity index (χ2v) is 6.52. The Hall–Kier alpha value is -3.46. The van der Waals surface area contributed by atoms with Gasteiger partial charge in [-0.15, -0.1) is 0 Å². The molecule has 3 aromatic rings. The van der Waals surface area contributed by atoms with Crippen molar-refractivity contribution in [1.29, 1.82) is 0 Å². The molecular weight excluding hydrogens is 378 g/mol. The third-order valence-corrected chi connectivity index (χ3v) is 4.72. The summed E-state index contributed by atoms with van der Waals surface area (Å²) in [5, 5.41) is 13.3. The number of nitrogens with zero attached hydrogens (tertiary/aromatic N) is 3. The average Bonchev–Trinajstić information content (AvgIpc) is 3.41. The predicted octanol–water partition coefficient (Wildman–Crippen LogP) is 2.80. The second-order valence-electron chi connectivity index (χ2n) is 6.52. The van der Waals surface area contributed by atoms with E-state index >= 15 is 0 Å². The summed E-state index contributed by atoms with van der Waals surface area (Å²) in [7, 11) is 0. The van der Waals surface area contributed by atoms with E-state index < -0.39 is 17.9 Å². The Morgan fingerprint density at radius 3 is 2.76 bits per heavy atom. The van der Waals surface area contributed by atoms with Gasteiger partial charge in [0, 0.05) is 24.6 Å². The fraction of sp³-hybridized carbons (Fsp3) is 0.300. The summed E-state index contributed by atoms with van der Waals surface area (Å²) in [5.74, 6) is -0.675. The molecule has 1 aliphatic heterocycles. The van der Waals surface area contributed by atoms with Crippen LogP contribution in [0.1, 0.15) is 45.5 Å². The summed E-state index contributed by atoms with van der Waals surface area (Å²) >= 11 is 0. The summed E-state index contributed by atoms with van der Waals surface area (Å²) in [5.41, 5.74) is 0.761. The average molecular weight is 397 g/mol. The van der Waals surface area contributed by atoms with Crippen LogP contribution in [-0.2, 0) is 11.2 Å². The summed E-state index contributed by atoms with van der Waals surface area (Å²) in [6.07, 6.45) is 0.368. The third-order valence-electron chi connectivity index (χ3n) is 4.72. The number of benzene rings is 1. The fourth-order valence-electron chi connectivity index (χ4n) is 3.25. The van der Waals surface area contributed by atoms with E-state index in [0.29, 0.717) is 31.3 Å². The van der Waals surface area contributed by atoms with Gasteiger partial charge in [-0.25, -0.2) is 4.79 Å². The minimum atomic E-state index is -1.13. The Kier molecular flexibility index (Phi) is 5.13. The molecule has 1 fully saturated rings. The first-order chi connectivity index (χ1) is 14.1. The van der Waals surface area contributed by atoms with Crippen molar-refractivity contribution in [3.05, 3.63) is 59.3 Å². The lowest BCUT2D eigenvalue weighted by molar-refractivity contribution is -0.00735. The number of hydrogen-bond acceptors (Lipinski definition) is 7. The summed E-state index contributed by atoms with van der Waals surface area (Å²) in [4.78, 5) is 30.4. The van der Waals surface area contributed by atoms with Gasteiger partial charge in [0.05, 0.1) is 13.2 Å². The zero-order chi connectivity index (χ0) is 20.4. The monoisotopic (exact) mass is 397 g/mol. The number of furan rings is 1. The molecule has 1 atom stereocenters. The predicted molar refractivity (Wildman–Crippen MR) is 99.4 cm³/mol. The summed E-state index contributed by atoms with van der Waals surface area (Å²) in [6, 6.07) is 10.0. The topological polar surface area (TPSA) is 119 Å². The van der Waals surface area contributed by atoms with E-state index in [1.807, 2.05) is 30.3 Å². The minimum Gasteiger partial charge on any atom is -0.478 e. The quantitative estimate of drug-likeness (QED) is 0.698. The molecule has 9 heteroatoms. The van der Waals surface area contributed by atoms with Gasteiger partial charge >= 0.3 is 5.97 Å². The molecule has 0 radical (unpaired) electrons. The highest BCUT2D eigenvalue weighted by molar-refractivity contribution is 5.96. The largest absolute Gasteiger partial charge is 0.478 e. The van der Waals surface area contributed by atoms with Gasteiger partial charge in [0.15, 0.2) is 11.6 Å². The lowest BCUT2D eigenvalue weighted by Gasteiger charge is -2.32. The van der Waals surface area contributed by atoms with Crippen LogP contribution in [0, 0.1) is 0 Å². The van der Waals surface area contributed by atoms with Gasteiger partial charge in [-0.05, 0) is 12.1 Å². The molecule has 150 valence electrons. The van der Waals surface area contributed by atoms with Crippen molar-refractivity contribution in [1.82, 2.24) is 15.0 Å². The van der Waals surface area contributed by atoms with Crippen molar-refractivity contribution in [2.45, 2.75) is 19.4 Å². The van der Waals surface area contributed by atoms with Crippen LogP contribution >= 0.6 is 0 Å². The van der Waals surface area contributed by atoms with Gasteiger partial charge < -0.3 is 23.7 Å². The fourth-order valence-corrected chi connectivity index (χ4v) is 3.25. The first-order valence-electron chi connectivity index (χ1n) is 9.22. The van der Waals surface area contributed by atoms with E-state index in [1.165, 1.54) is 11.0 Å². The maximum Gasteiger partial charge on any atom is 0.339 e. The Morgan fingerprint density at radius 1 is 1.28 bits per heavy atom. The molecule has 0 bridgehead atoms. The highest BCUT2D eigenvalue weighted by Crippen LogP contribution is 2.28. The second kappa shape index (κ2) is 7.88. The van der Waals surface area contributed by atoms with Crippen molar-refractivity contribution in [3.63, 3.8) is 0 Å². The van der Waals surface area contributed by atoms with Gasteiger partial charge in [0.2, 0.25) is 0 Å². The molecule has 1 aliphatic rings. The Bertz CT molecular complexity index is 1030. The molecule has 1 unspecified atom stereocenters. The number of carboxylic acid groups (broad SMARTS) is 1. The number of rotatable bonds is 5. The molecule has 1 aromatic carbocycles. The number of carbonyl (C=O) groups excluding carboxylic acids is 1. The van der Waals surface area contributed by atoms with Crippen molar-refractivity contribution in [2.75, 3.05) is 19.8 Å². The van der Waals surface area contributed by atoms with Crippen LogP contribution in [0.2, 0.25) is 0 Å². The molecule has 9 nitrogen and oxygen atoms in total. The normalized spacial score (nSPS) is 16.7. The van der Waals surface area contributed by atoms with Gasteiger partial charge in [0.1, 0.15) is 17.4 Å². The number of carboxylic acids is 1. The molecule has 3 heterocycles. The Labute approximate surface area is 165 Å². The number of ether oxygens (including phenoxy) is 1. The van der Waals surface area contributed by atoms with Gasteiger partial charge in [0.25, 0.3) is 11.8 Å². The lowest BCUT2D eigenvalue weighted by Crippen LogP contribution is -2.43. The first kappa shape index (κ1) is 18.9. The first-order valence-corrected chi connectivity index (χ1v) is 9.22. The van der Waals surface area contributed by atoms with Crippen LogP contribution in [0.3, 0.4) is 0 Å². The van der Waals surface area contributed by atoms with Crippen molar-refractivity contribution in [3.8, 4) is 11.5 Å².